The number of benzene rings is 2. The van der Waals surface area contributed by atoms with Gasteiger partial charge < -0.3 is 10.2 Å². The van der Waals surface area contributed by atoms with Crippen molar-refractivity contribution < 1.29 is 18.0 Å². The van der Waals surface area contributed by atoms with Crippen LogP contribution in [0, 0.1) is 0 Å². The first-order valence-corrected chi connectivity index (χ1v) is 14.1. The van der Waals surface area contributed by atoms with Crippen molar-refractivity contribution in [3.8, 4) is 0 Å². The molecule has 0 aliphatic heterocycles. The van der Waals surface area contributed by atoms with E-state index in [0.717, 1.165) is 33.4 Å². The molecule has 10 heteroatoms. The van der Waals surface area contributed by atoms with Crippen LogP contribution in [0.15, 0.2) is 53.0 Å². The summed E-state index contributed by atoms with van der Waals surface area (Å²) < 4.78 is 27.0. The van der Waals surface area contributed by atoms with Crippen LogP contribution in [0.25, 0.3) is 0 Å². The molecule has 0 fully saturated rings. The van der Waals surface area contributed by atoms with E-state index >= 15 is 0 Å². The second kappa shape index (κ2) is 13.1. The predicted octanol–water partition coefficient (Wildman–Crippen LogP) is 4.59. The molecular formula is C24H31BrClN3O4S. The number of rotatable bonds is 12. The Hall–Kier alpha value is -2.10. The first-order chi connectivity index (χ1) is 16.1. The highest BCUT2D eigenvalue weighted by molar-refractivity contribution is 9.10. The van der Waals surface area contributed by atoms with Crippen molar-refractivity contribution in [2.75, 3.05) is 23.7 Å². The summed E-state index contributed by atoms with van der Waals surface area (Å²) in [6, 6.07) is 12.9. The van der Waals surface area contributed by atoms with Gasteiger partial charge in [0.15, 0.2) is 0 Å². The Bertz CT molecular complexity index is 1060. The number of carbonyl (C=O) groups is 2. The first kappa shape index (κ1) is 28.1. The van der Waals surface area contributed by atoms with Crippen LogP contribution in [0.3, 0.4) is 0 Å². The summed E-state index contributed by atoms with van der Waals surface area (Å²) in [6.45, 7) is 4.10. The second-order valence-corrected chi connectivity index (χ2v) is 11.2. The van der Waals surface area contributed by atoms with Gasteiger partial charge in [0.05, 0.1) is 11.9 Å². The summed E-state index contributed by atoms with van der Waals surface area (Å²) in [5.74, 6) is -0.728. The number of hydrogen-bond donors (Lipinski definition) is 1. The molecule has 2 aromatic carbocycles. The molecule has 7 nitrogen and oxygen atoms in total. The number of carbonyl (C=O) groups excluding carboxylic acids is 2. The molecule has 0 spiro atoms. The maximum atomic E-state index is 13.6. The van der Waals surface area contributed by atoms with Gasteiger partial charge in [0.2, 0.25) is 21.8 Å². The predicted molar refractivity (Wildman–Crippen MR) is 140 cm³/mol. The number of nitrogens with one attached hydrogen (secondary N) is 1. The molecule has 0 aromatic heterocycles. The fourth-order valence-electron chi connectivity index (χ4n) is 3.43. The van der Waals surface area contributed by atoms with Crippen molar-refractivity contribution in [3.63, 3.8) is 0 Å². The van der Waals surface area contributed by atoms with E-state index in [1.807, 2.05) is 13.8 Å². The van der Waals surface area contributed by atoms with Crippen LogP contribution >= 0.6 is 27.5 Å². The van der Waals surface area contributed by atoms with Gasteiger partial charge in [-0.05, 0) is 54.8 Å². The maximum Gasteiger partial charge on any atom is 0.244 e. The van der Waals surface area contributed by atoms with Crippen LogP contribution in [-0.2, 0) is 26.2 Å². The third kappa shape index (κ3) is 8.29. The van der Waals surface area contributed by atoms with E-state index in [4.69, 9.17) is 11.6 Å². The lowest BCUT2D eigenvalue weighted by atomic mass is 10.1. The molecule has 1 N–H and O–H groups in total. The lowest BCUT2D eigenvalue weighted by Crippen LogP contribution is -2.52. The molecule has 0 radical (unpaired) electrons. The van der Waals surface area contributed by atoms with Crippen LogP contribution in [0.2, 0.25) is 5.02 Å². The minimum atomic E-state index is -3.76. The highest BCUT2D eigenvalue weighted by Gasteiger charge is 2.31. The molecular weight excluding hydrogens is 542 g/mol. The van der Waals surface area contributed by atoms with Crippen LogP contribution < -0.4 is 9.62 Å². The minimum Gasteiger partial charge on any atom is -0.354 e. The zero-order valence-corrected chi connectivity index (χ0v) is 22.8. The molecule has 0 aliphatic carbocycles. The Morgan fingerprint density at radius 3 is 2.21 bits per heavy atom. The summed E-state index contributed by atoms with van der Waals surface area (Å²) >= 11 is 9.33. The fourth-order valence-corrected chi connectivity index (χ4v) is 4.67. The van der Waals surface area contributed by atoms with E-state index in [-0.39, 0.29) is 12.5 Å². The van der Waals surface area contributed by atoms with Gasteiger partial charge in [0.25, 0.3) is 0 Å². The zero-order valence-electron chi connectivity index (χ0n) is 19.6. The van der Waals surface area contributed by atoms with Gasteiger partial charge in [-0.15, -0.1) is 0 Å². The third-order valence-electron chi connectivity index (χ3n) is 5.28. The number of anilines is 1. The number of unbranched alkanes of at least 4 members (excludes halogenated alkanes) is 1. The Balaban J connectivity index is 2.37. The minimum absolute atomic E-state index is 0.146. The van der Waals surface area contributed by atoms with Crippen LogP contribution in [0.1, 0.15) is 38.7 Å². The van der Waals surface area contributed by atoms with Crippen molar-refractivity contribution in [1.29, 1.82) is 0 Å². The number of sulfonamides is 1. The Morgan fingerprint density at radius 2 is 1.68 bits per heavy atom. The lowest BCUT2D eigenvalue weighted by molar-refractivity contribution is -0.140. The number of nitrogens with zero attached hydrogens (tertiary/aromatic N) is 2. The van der Waals surface area contributed by atoms with Gasteiger partial charge >= 0.3 is 0 Å². The zero-order chi connectivity index (χ0) is 25.3. The van der Waals surface area contributed by atoms with Crippen LogP contribution in [0.4, 0.5) is 5.69 Å². The van der Waals surface area contributed by atoms with E-state index in [9.17, 15) is 18.0 Å². The van der Waals surface area contributed by atoms with Gasteiger partial charge in [0.1, 0.15) is 12.6 Å². The molecule has 0 saturated heterocycles. The molecule has 34 heavy (non-hydrogen) atoms. The molecule has 2 aromatic rings. The number of halogens is 2. The Kier molecular flexibility index (Phi) is 10.9. The summed E-state index contributed by atoms with van der Waals surface area (Å²) in [4.78, 5) is 28.0. The summed E-state index contributed by atoms with van der Waals surface area (Å²) in [6.07, 6.45) is 3.20. The molecule has 2 amide bonds. The molecule has 1 unspecified atom stereocenters. The average molecular weight is 573 g/mol. The lowest BCUT2D eigenvalue weighted by Gasteiger charge is -2.33. The average Bonchev–Trinajstić information content (AvgIpc) is 2.78. The van der Waals surface area contributed by atoms with E-state index in [2.05, 4.69) is 21.2 Å². The fraction of sp³-hybridized carbons (Fsp3) is 0.417. The van der Waals surface area contributed by atoms with Crippen molar-refractivity contribution in [2.45, 2.75) is 45.7 Å². The maximum absolute atomic E-state index is 13.6. The number of hydrogen-bond acceptors (Lipinski definition) is 4. The Morgan fingerprint density at radius 1 is 1.06 bits per heavy atom. The first-order valence-electron chi connectivity index (χ1n) is 11.1. The van der Waals surface area contributed by atoms with Gasteiger partial charge in [-0.1, -0.05) is 59.9 Å². The third-order valence-corrected chi connectivity index (χ3v) is 7.20. The highest BCUT2D eigenvalue weighted by atomic mass is 79.9. The molecule has 186 valence electrons. The SMILES string of the molecule is CCCCNC(=O)C(CC)N(Cc1ccc(Cl)cc1)C(=O)CN(c1ccc(Br)cc1)S(C)(=O)=O. The molecule has 0 bridgehead atoms. The van der Waals surface area contributed by atoms with Crippen molar-refractivity contribution >= 4 is 55.1 Å². The summed E-state index contributed by atoms with van der Waals surface area (Å²) in [5, 5.41) is 3.46. The van der Waals surface area contributed by atoms with Crippen LogP contribution in [0.5, 0.6) is 0 Å². The smallest absolute Gasteiger partial charge is 0.244 e. The molecule has 0 heterocycles. The summed E-state index contributed by atoms with van der Waals surface area (Å²) in [7, 11) is -3.76. The molecule has 0 aliphatic rings. The Labute approximate surface area is 215 Å². The molecule has 2 rings (SSSR count). The standard InChI is InChI=1S/C24H31BrClN3O4S/c1-4-6-15-27-24(31)22(5-2)28(16-18-7-11-20(26)12-8-18)23(30)17-29(34(3,32)33)21-13-9-19(25)10-14-21/h7-14,22H,4-6,15-17H2,1-3H3,(H,27,31). The van der Waals surface area contributed by atoms with Gasteiger partial charge in [-0.25, -0.2) is 8.42 Å². The topological polar surface area (TPSA) is 86.8 Å². The second-order valence-electron chi connectivity index (χ2n) is 7.96. The van der Waals surface area contributed by atoms with Crippen LogP contribution in [-0.4, -0.2) is 50.5 Å². The van der Waals surface area contributed by atoms with Gasteiger partial charge in [0, 0.05) is 22.6 Å². The quantitative estimate of drug-likeness (QED) is 0.377. The van der Waals surface area contributed by atoms with E-state index in [0.29, 0.717) is 23.7 Å². The molecule has 1 atom stereocenters. The number of amides is 2. The van der Waals surface area contributed by atoms with Crippen molar-refractivity contribution in [2.24, 2.45) is 0 Å². The van der Waals surface area contributed by atoms with Gasteiger partial charge in [-0.2, -0.15) is 0 Å². The highest BCUT2D eigenvalue weighted by Crippen LogP contribution is 2.22. The van der Waals surface area contributed by atoms with E-state index in [1.54, 1.807) is 48.5 Å². The molecule has 0 saturated carbocycles. The summed E-state index contributed by atoms with van der Waals surface area (Å²) in [5.41, 5.74) is 1.15. The normalized spacial score (nSPS) is 12.1. The largest absolute Gasteiger partial charge is 0.354 e. The monoisotopic (exact) mass is 571 g/mol. The van der Waals surface area contributed by atoms with Crippen molar-refractivity contribution in [3.05, 3.63) is 63.6 Å². The van der Waals surface area contributed by atoms with E-state index in [1.165, 1.54) is 4.90 Å². The van der Waals surface area contributed by atoms with E-state index < -0.39 is 28.5 Å². The van der Waals surface area contributed by atoms with Crippen molar-refractivity contribution in [1.82, 2.24) is 10.2 Å². The van der Waals surface area contributed by atoms with Gasteiger partial charge in [-0.3, -0.25) is 13.9 Å².